The van der Waals surface area contributed by atoms with Gasteiger partial charge < -0.3 is 14.7 Å². The number of halogens is 1. The number of benzene rings is 1. The topological polar surface area (TPSA) is 66.8 Å². The lowest BCUT2D eigenvalue weighted by atomic mass is 10.2. The summed E-state index contributed by atoms with van der Waals surface area (Å²) in [6.07, 6.45) is 0. The van der Waals surface area contributed by atoms with Crippen LogP contribution in [-0.4, -0.2) is 41.3 Å². The van der Waals surface area contributed by atoms with Crippen molar-refractivity contribution in [2.45, 2.75) is 11.4 Å². The predicted molar refractivity (Wildman–Crippen MR) is 74.5 cm³/mol. The van der Waals surface area contributed by atoms with Gasteiger partial charge in [0.2, 0.25) is 0 Å². The Bertz CT molecular complexity index is 535. The molecule has 1 heterocycles. The molecule has 0 spiro atoms. The van der Waals surface area contributed by atoms with Crippen molar-refractivity contribution in [3.63, 3.8) is 0 Å². The average molecular weight is 346 g/mol. The van der Waals surface area contributed by atoms with Gasteiger partial charge in [0, 0.05) is 23.7 Å². The van der Waals surface area contributed by atoms with Gasteiger partial charge in [-0.3, -0.25) is 4.79 Å². The summed E-state index contributed by atoms with van der Waals surface area (Å²) in [4.78, 5) is 24.7. The van der Waals surface area contributed by atoms with Gasteiger partial charge in [-0.2, -0.15) is 0 Å². The number of fused-ring (bicyclic) bond motifs is 1. The number of thioether (sulfide) groups is 1. The molecule has 0 radical (unpaired) electrons. The molecule has 1 aliphatic heterocycles. The van der Waals surface area contributed by atoms with Gasteiger partial charge in [-0.15, -0.1) is 11.8 Å². The number of hydrogen-bond acceptors (Lipinski definition) is 4. The quantitative estimate of drug-likeness (QED) is 0.788. The zero-order valence-corrected chi connectivity index (χ0v) is 12.6. The lowest BCUT2D eigenvalue weighted by Crippen LogP contribution is -2.36. The molecule has 7 heteroatoms. The monoisotopic (exact) mass is 345 g/mol. The molecule has 1 aromatic rings. The number of aliphatic carboxylic acids is 1. The van der Waals surface area contributed by atoms with E-state index in [1.165, 1.54) is 4.90 Å². The van der Waals surface area contributed by atoms with Gasteiger partial charge in [0.15, 0.2) is 0 Å². The molecule has 5 nitrogen and oxygen atoms in total. The molecule has 1 aromatic carbocycles. The highest BCUT2D eigenvalue weighted by molar-refractivity contribution is 9.10. The van der Waals surface area contributed by atoms with E-state index in [0.29, 0.717) is 18.0 Å². The van der Waals surface area contributed by atoms with Crippen molar-refractivity contribution < 1.29 is 19.4 Å². The van der Waals surface area contributed by atoms with Crippen molar-refractivity contribution in [3.05, 3.63) is 22.2 Å². The lowest BCUT2D eigenvalue weighted by Gasteiger charge is -2.18. The number of hydrogen-bond donors (Lipinski definition) is 1. The minimum Gasteiger partial charge on any atom is -0.496 e. The van der Waals surface area contributed by atoms with E-state index in [1.54, 1.807) is 18.9 Å². The highest BCUT2D eigenvalue weighted by Crippen LogP contribution is 2.35. The van der Waals surface area contributed by atoms with Crippen LogP contribution < -0.4 is 4.74 Å². The third kappa shape index (κ3) is 3.03. The number of rotatable bonds is 1. The highest BCUT2D eigenvalue weighted by Gasteiger charge is 2.25. The maximum Gasteiger partial charge on any atom is 0.394 e. The van der Waals surface area contributed by atoms with E-state index in [0.717, 1.165) is 14.9 Å². The Balaban J connectivity index is 2.33. The Morgan fingerprint density at radius 1 is 1.47 bits per heavy atom. The molecule has 0 unspecified atom stereocenters. The summed E-state index contributed by atoms with van der Waals surface area (Å²) >= 11 is 5.02. The van der Waals surface area contributed by atoms with Crippen LogP contribution in [0.25, 0.3) is 0 Å². The van der Waals surface area contributed by atoms with Crippen molar-refractivity contribution in [1.82, 2.24) is 4.90 Å². The van der Waals surface area contributed by atoms with Crippen LogP contribution in [0.5, 0.6) is 5.75 Å². The predicted octanol–water partition coefficient (Wildman–Crippen LogP) is 1.98. The molecule has 1 N–H and O–H groups in total. The van der Waals surface area contributed by atoms with Crippen LogP contribution in [-0.2, 0) is 16.1 Å². The fraction of sp³-hybridized carbons (Fsp3) is 0.333. The van der Waals surface area contributed by atoms with Crippen LogP contribution in [0, 0.1) is 0 Å². The number of methoxy groups -OCH3 is 1. The molecular formula is C12H12BrNO4S. The van der Waals surface area contributed by atoms with Crippen LogP contribution in [0.1, 0.15) is 5.56 Å². The number of carbonyl (C=O) groups excluding carboxylic acids is 1. The van der Waals surface area contributed by atoms with Crippen LogP contribution >= 0.6 is 27.7 Å². The van der Waals surface area contributed by atoms with E-state index in [9.17, 15) is 9.59 Å². The number of nitrogens with zero attached hydrogens (tertiary/aromatic N) is 1. The zero-order valence-electron chi connectivity index (χ0n) is 10.2. The second-order valence-corrected chi connectivity index (χ2v) is 5.97. The SMILES string of the molecule is COc1cc2c(cc1Br)SCCN(C(=O)C(=O)O)C2. The molecule has 1 aliphatic rings. The first-order chi connectivity index (χ1) is 9.02. The summed E-state index contributed by atoms with van der Waals surface area (Å²) in [6, 6.07) is 3.77. The fourth-order valence-electron chi connectivity index (χ4n) is 1.85. The molecular weight excluding hydrogens is 334 g/mol. The van der Waals surface area contributed by atoms with Crippen molar-refractivity contribution >= 4 is 39.6 Å². The summed E-state index contributed by atoms with van der Waals surface area (Å²) in [5.41, 5.74) is 0.900. The normalized spacial score (nSPS) is 14.5. The zero-order chi connectivity index (χ0) is 14.0. The molecule has 1 amide bonds. The molecule has 0 atom stereocenters. The molecule has 0 bridgehead atoms. The first-order valence-electron chi connectivity index (χ1n) is 5.54. The van der Waals surface area contributed by atoms with Gasteiger partial charge in [0.1, 0.15) is 5.75 Å². The van der Waals surface area contributed by atoms with Crippen molar-refractivity contribution in [1.29, 1.82) is 0 Å². The van der Waals surface area contributed by atoms with E-state index >= 15 is 0 Å². The average Bonchev–Trinajstić information content (AvgIpc) is 2.58. The van der Waals surface area contributed by atoms with Crippen molar-refractivity contribution in [2.24, 2.45) is 0 Å². The highest BCUT2D eigenvalue weighted by atomic mass is 79.9. The van der Waals surface area contributed by atoms with Gasteiger partial charge in [-0.25, -0.2) is 4.79 Å². The third-order valence-electron chi connectivity index (χ3n) is 2.79. The Hall–Kier alpha value is -1.21. The number of carboxylic acid groups (broad SMARTS) is 1. The third-order valence-corrected chi connectivity index (χ3v) is 4.48. The molecule has 0 aliphatic carbocycles. The number of carboxylic acids is 1. The van der Waals surface area contributed by atoms with Crippen LogP contribution in [0.3, 0.4) is 0 Å². The van der Waals surface area contributed by atoms with Gasteiger partial charge >= 0.3 is 11.9 Å². The number of ether oxygens (including phenoxy) is 1. The standard InChI is InChI=1S/C12H12BrNO4S/c1-18-9-4-7-6-14(11(15)12(16)17)2-3-19-10(7)5-8(9)13/h4-5H,2-3,6H2,1H3,(H,16,17). The minimum absolute atomic E-state index is 0.289. The Morgan fingerprint density at radius 3 is 2.84 bits per heavy atom. The summed E-state index contributed by atoms with van der Waals surface area (Å²) < 4.78 is 6.07. The van der Waals surface area contributed by atoms with Gasteiger partial charge in [0.25, 0.3) is 0 Å². The Morgan fingerprint density at radius 2 is 2.21 bits per heavy atom. The Labute approximate surface area is 123 Å². The van der Waals surface area contributed by atoms with E-state index in [4.69, 9.17) is 9.84 Å². The molecule has 0 saturated heterocycles. The number of carbonyl (C=O) groups is 2. The summed E-state index contributed by atoms with van der Waals surface area (Å²) in [5.74, 6) is -0.943. The molecule has 19 heavy (non-hydrogen) atoms. The van der Waals surface area contributed by atoms with Crippen LogP contribution in [0.2, 0.25) is 0 Å². The van der Waals surface area contributed by atoms with Gasteiger partial charge in [-0.05, 0) is 33.6 Å². The first kappa shape index (κ1) is 14.2. The summed E-state index contributed by atoms with van der Waals surface area (Å²) in [6.45, 7) is 0.710. The van der Waals surface area contributed by atoms with Gasteiger partial charge in [0.05, 0.1) is 11.6 Å². The largest absolute Gasteiger partial charge is 0.496 e. The summed E-state index contributed by atoms with van der Waals surface area (Å²) in [7, 11) is 1.57. The second kappa shape index (κ2) is 5.83. The molecule has 0 fully saturated rings. The van der Waals surface area contributed by atoms with E-state index in [-0.39, 0.29) is 6.54 Å². The smallest absolute Gasteiger partial charge is 0.394 e. The fourth-order valence-corrected chi connectivity index (χ4v) is 3.55. The van der Waals surface area contributed by atoms with E-state index in [2.05, 4.69) is 15.9 Å². The van der Waals surface area contributed by atoms with Crippen molar-refractivity contribution in [2.75, 3.05) is 19.4 Å². The maximum atomic E-state index is 11.6. The minimum atomic E-state index is -1.42. The molecule has 0 aromatic heterocycles. The van der Waals surface area contributed by atoms with E-state index < -0.39 is 11.9 Å². The van der Waals surface area contributed by atoms with Gasteiger partial charge in [-0.1, -0.05) is 0 Å². The second-order valence-electron chi connectivity index (χ2n) is 3.97. The molecule has 2 rings (SSSR count). The lowest BCUT2D eigenvalue weighted by molar-refractivity contribution is -0.156. The summed E-state index contributed by atoms with van der Waals surface area (Å²) in [5, 5.41) is 8.79. The van der Waals surface area contributed by atoms with Crippen LogP contribution in [0.4, 0.5) is 0 Å². The van der Waals surface area contributed by atoms with E-state index in [1.807, 2.05) is 12.1 Å². The van der Waals surface area contributed by atoms with Crippen molar-refractivity contribution in [3.8, 4) is 5.75 Å². The first-order valence-corrected chi connectivity index (χ1v) is 7.32. The Kier molecular flexibility index (Phi) is 4.36. The number of amides is 1. The molecule has 0 saturated carbocycles. The maximum absolute atomic E-state index is 11.6. The molecule has 102 valence electrons. The van der Waals surface area contributed by atoms with Crippen LogP contribution in [0.15, 0.2) is 21.5 Å².